The van der Waals surface area contributed by atoms with Crippen molar-refractivity contribution in [2.75, 3.05) is 5.32 Å². The molecule has 0 saturated carbocycles. The molecular weight excluding hydrogens is 275 g/mol. The predicted octanol–water partition coefficient (Wildman–Crippen LogP) is 4.12. The minimum absolute atomic E-state index is 0.0362. The van der Waals surface area contributed by atoms with Crippen LogP contribution >= 0.6 is 23.2 Å². The second-order valence-corrected chi connectivity index (χ2v) is 4.51. The Morgan fingerprint density at radius 3 is 2.61 bits per heavy atom. The predicted molar refractivity (Wildman–Crippen MR) is 74.3 cm³/mol. The summed E-state index contributed by atoms with van der Waals surface area (Å²) in [6, 6.07) is 2.64. The molecule has 0 bridgehead atoms. The lowest BCUT2D eigenvalue weighted by Gasteiger charge is -2.16. The Morgan fingerprint density at radius 2 is 2.11 bits per heavy atom. The first kappa shape index (κ1) is 14.6. The van der Waals surface area contributed by atoms with Crippen LogP contribution in [0.5, 0.6) is 0 Å². The maximum absolute atomic E-state index is 10.9. The van der Waals surface area contributed by atoms with E-state index in [2.05, 4.69) is 11.2 Å². The molecule has 4 nitrogen and oxygen atoms in total. The molecule has 0 aliphatic rings. The van der Waals surface area contributed by atoms with Crippen LogP contribution in [0, 0.1) is 22.5 Å². The Hall–Kier alpha value is -1.44. The molecule has 1 rings (SSSR count). The zero-order valence-electron chi connectivity index (χ0n) is 9.74. The highest BCUT2D eigenvalue weighted by molar-refractivity contribution is 6.42. The average Bonchev–Trinajstić information content (AvgIpc) is 2.32. The van der Waals surface area contributed by atoms with E-state index in [0.29, 0.717) is 12.1 Å². The molecule has 1 aromatic carbocycles. The van der Waals surface area contributed by atoms with E-state index in [1.807, 2.05) is 6.92 Å². The Balaban J connectivity index is 3.10. The van der Waals surface area contributed by atoms with Crippen molar-refractivity contribution in [2.24, 2.45) is 0 Å². The summed E-state index contributed by atoms with van der Waals surface area (Å²) in [5.41, 5.74) is 0.219. The van der Waals surface area contributed by atoms with E-state index in [1.165, 1.54) is 12.1 Å². The number of terminal acetylenes is 1. The van der Waals surface area contributed by atoms with Crippen LogP contribution in [0.2, 0.25) is 10.0 Å². The largest absolute Gasteiger partial charge is 0.376 e. The number of rotatable bonds is 5. The normalized spacial score (nSPS) is 11.7. The summed E-state index contributed by atoms with van der Waals surface area (Å²) in [6.45, 7) is 1.94. The van der Waals surface area contributed by atoms with Crippen LogP contribution in [0.25, 0.3) is 0 Å². The summed E-state index contributed by atoms with van der Waals surface area (Å²) >= 11 is 11.6. The maximum Gasteiger partial charge on any atom is 0.293 e. The number of hydrogen-bond donors (Lipinski definition) is 1. The standard InChI is InChI=1S/C12H12Cl2N2O2/c1-3-5-8(4-2)15-11-6-9(13)10(14)7-12(11)16(17)18/h1,6-8,15H,4-5H2,2H3. The summed E-state index contributed by atoms with van der Waals surface area (Å²) in [5.74, 6) is 2.52. The third-order valence-corrected chi connectivity index (χ3v) is 3.17. The number of nitro benzene ring substituents is 1. The van der Waals surface area contributed by atoms with Gasteiger partial charge in [-0.2, -0.15) is 0 Å². The minimum Gasteiger partial charge on any atom is -0.376 e. The maximum atomic E-state index is 10.9. The van der Waals surface area contributed by atoms with E-state index in [1.54, 1.807) is 0 Å². The number of anilines is 1. The Kier molecular flexibility index (Phi) is 5.26. The topological polar surface area (TPSA) is 55.2 Å². The third-order valence-electron chi connectivity index (χ3n) is 2.45. The summed E-state index contributed by atoms with van der Waals surface area (Å²) in [4.78, 5) is 10.4. The monoisotopic (exact) mass is 286 g/mol. The van der Waals surface area contributed by atoms with E-state index in [0.717, 1.165) is 6.42 Å². The molecule has 1 aromatic rings. The Bertz CT molecular complexity index is 498. The summed E-state index contributed by atoms with van der Waals surface area (Å²) in [5, 5.41) is 14.4. The van der Waals surface area contributed by atoms with Gasteiger partial charge in [-0.25, -0.2) is 0 Å². The first-order chi connectivity index (χ1) is 8.49. The highest BCUT2D eigenvalue weighted by Crippen LogP contribution is 2.34. The summed E-state index contributed by atoms with van der Waals surface area (Å²) < 4.78 is 0. The van der Waals surface area contributed by atoms with Crippen LogP contribution in [0.15, 0.2) is 12.1 Å². The summed E-state index contributed by atoms with van der Waals surface area (Å²) in [6.07, 6.45) is 6.47. The van der Waals surface area contributed by atoms with Crippen LogP contribution in [0.1, 0.15) is 19.8 Å². The van der Waals surface area contributed by atoms with Gasteiger partial charge in [0.1, 0.15) is 5.69 Å². The fourth-order valence-corrected chi connectivity index (χ4v) is 1.78. The second kappa shape index (κ2) is 6.48. The Labute approximate surface area is 115 Å². The van der Waals surface area contributed by atoms with Gasteiger partial charge in [-0.3, -0.25) is 10.1 Å². The van der Waals surface area contributed by atoms with Gasteiger partial charge in [0.2, 0.25) is 0 Å². The number of nitro groups is 1. The molecule has 6 heteroatoms. The smallest absolute Gasteiger partial charge is 0.293 e. The van der Waals surface area contributed by atoms with Crippen molar-refractivity contribution < 1.29 is 4.92 Å². The molecule has 1 unspecified atom stereocenters. The van der Waals surface area contributed by atoms with Crippen molar-refractivity contribution in [3.8, 4) is 12.3 Å². The number of hydrogen-bond acceptors (Lipinski definition) is 3. The molecule has 1 N–H and O–H groups in total. The van der Waals surface area contributed by atoms with Gasteiger partial charge < -0.3 is 5.32 Å². The van der Waals surface area contributed by atoms with Gasteiger partial charge in [0, 0.05) is 18.5 Å². The fraction of sp³-hybridized carbons (Fsp3) is 0.333. The fourth-order valence-electron chi connectivity index (χ4n) is 1.46. The van der Waals surface area contributed by atoms with Crippen LogP contribution in [-0.2, 0) is 0 Å². The number of benzene rings is 1. The molecular formula is C12H12Cl2N2O2. The number of halogens is 2. The zero-order chi connectivity index (χ0) is 13.7. The van der Waals surface area contributed by atoms with Crippen LogP contribution in [0.4, 0.5) is 11.4 Å². The molecule has 0 aliphatic heterocycles. The van der Waals surface area contributed by atoms with Gasteiger partial charge in [-0.05, 0) is 12.5 Å². The molecule has 0 aromatic heterocycles. The van der Waals surface area contributed by atoms with Crippen LogP contribution < -0.4 is 5.32 Å². The lowest BCUT2D eigenvalue weighted by Crippen LogP contribution is -2.18. The zero-order valence-corrected chi connectivity index (χ0v) is 11.3. The average molecular weight is 287 g/mol. The third kappa shape index (κ3) is 3.52. The van der Waals surface area contributed by atoms with Gasteiger partial charge in [-0.15, -0.1) is 12.3 Å². The van der Waals surface area contributed by atoms with E-state index in [-0.39, 0.29) is 21.8 Å². The molecule has 0 spiro atoms. The molecule has 0 heterocycles. The van der Waals surface area contributed by atoms with E-state index in [9.17, 15) is 10.1 Å². The lowest BCUT2D eigenvalue weighted by atomic mass is 10.1. The van der Waals surface area contributed by atoms with Gasteiger partial charge in [0.05, 0.1) is 15.0 Å². The highest BCUT2D eigenvalue weighted by atomic mass is 35.5. The second-order valence-electron chi connectivity index (χ2n) is 3.70. The van der Waals surface area contributed by atoms with Crippen molar-refractivity contribution in [3.05, 3.63) is 32.3 Å². The summed E-state index contributed by atoms with van der Waals surface area (Å²) in [7, 11) is 0. The van der Waals surface area contributed by atoms with Crippen molar-refractivity contribution >= 4 is 34.6 Å². The van der Waals surface area contributed by atoms with Gasteiger partial charge >= 0.3 is 0 Å². The van der Waals surface area contributed by atoms with Crippen molar-refractivity contribution in [3.63, 3.8) is 0 Å². The van der Waals surface area contributed by atoms with Gasteiger partial charge in [0.15, 0.2) is 0 Å². The number of nitrogens with zero attached hydrogens (tertiary/aromatic N) is 1. The SMILES string of the molecule is C#CCC(CC)Nc1cc(Cl)c(Cl)cc1[N+](=O)[O-]. The molecule has 0 radical (unpaired) electrons. The lowest BCUT2D eigenvalue weighted by molar-refractivity contribution is -0.384. The van der Waals surface area contributed by atoms with Crippen LogP contribution in [-0.4, -0.2) is 11.0 Å². The minimum atomic E-state index is -0.507. The molecule has 0 saturated heterocycles. The van der Waals surface area contributed by atoms with Crippen molar-refractivity contribution in [2.45, 2.75) is 25.8 Å². The molecule has 1 atom stereocenters. The van der Waals surface area contributed by atoms with Gasteiger partial charge in [0.25, 0.3) is 5.69 Å². The van der Waals surface area contributed by atoms with E-state index < -0.39 is 4.92 Å². The molecule has 0 aliphatic carbocycles. The first-order valence-electron chi connectivity index (χ1n) is 5.33. The quantitative estimate of drug-likeness (QED) is 0.503. The number of nitrogens with one attached hydrogen (secondary N) is 1. The van der Waals surface area contributed by atoms with E-state index in [4.69, 9.17) is 29.6 Å². The molecule has 96 valence electrons. The van der Waals surface area contributed by atoms with Crippen molar-refractivity contribution in [1.29, 1.82) is 0 Å². The highest BCUT2D eigenvalue weighted by Gasteiger charge is 2.18. The molecule has 0 amide bonds. The Morgan fingerprint density at radius 1 is 1.50 bits per heavy atom. The van der Waals surface area contributed by atoms with Crippen LogP contribution in [0.3, 0.4) is 0 Å². The first-order valence-corrected chi connectivity index (χ1v) is 6.08. The van der Waals surface area contributed by atoms with E-state index >= 15 is 0 Å². The van der Waals surface area contributed by atoms with Gasteiger partial charge in [-0.1, -0.05) is 30.1 Å². The molecule has 18 heavy (non-hydrogen) atoms. The molecule has 0 fully saturated rings. The van der Waals surface area contributed by atoms with Crippen molar-refractivity contribution in [1.82, 2.24) is 0 Å².